The van der Waals surface area contributed by atoms with Crippen LogP contribution in [0.25, 0.3) is 0 Å². The summed E-state index contributed by atoms with van der Waals surface area (Å²) in [4.78, 5) is 36.4. The van der Waals surface area contributed by atoms with Gasteiger partial charge in [0.05, 0.1) is 16.5 Å². The van der Waals surface area contributed by atoms with E-state index in [0.29, 0.717) is 16.4 Å². The molecule has 2 N–H and O–H groups in total. The maximum atomic E-state index is 12.9. The lowest BCUT2D eigenvalue weighted by Gasteiger charge is -2.17. The molecule has 2 amide bonds. The predicted molar refractivity (Wildman–Crippen MR) is 118 cm³/mol. The van der Waals surface area contributed by atoms with Crippen molar-refractivity contribution in [3.05, 3.63) is 58.3 Å². The molecule has 2 aromatic carbocycles. The molecule has 0 spiro atoms. The number of hydrogen-bond donors (Lipinski definition) is 2. The first kappa shape index (κ1) is 24.0. The summed E-state index contributed by atoms with van der Waals surface area (Å²) in [5.74, 6) is -1.97. The summed E-state index contributed by atoms with van der Waals surface area (Å²) in [5.41, 5.74) is 0.789. The van der Waals surface area contributed by atoms with Crippen LogP contribution in [0, 0.1) is 5.82 Å². The van der Waals surface area contributed by atoms with Gasteiger partial charge in [-0.25, -0.2) is 4.39 Å². The number of esters is 1. The molecular weight excluding hydrogens is 454 g/mol. The van der Waals surface area contributed by atoms with E-state index in [0.717, 1.165) is 11.8 Å². The number of carbonyl (C=O) groups excluding carboxylic acids is 3. The van der Waals surface area contributed by atoms with E-state index in [1.54, 1.807) is 13.0 Å². The van der Waals surface area contributed by atoms with Crippen molar-refractivity contribution in [2.24, 2.45) is 0 Å². The van der Waals surface area contributed by atoms with Gasteiger partial charge >= 0.3 is 5.97 Å². The Balaban J connectivity index is 1.78. The fourth-order valence-electron chi connectivity index (χ4n) is 2.15. The molecule has 6 nitrogen and oxygen atoms in total. The van der Waals surface area contributed by atoms with Crippen LogP contribution in [0.3, 0.4) is 0 Å². The largest absolute Gasteiger partial charge is 0.452 e. The van der Waals surface area contributed by atoms with Gasteiger partial charge in [0.25, 0.3) is 5.91 Å². The molecule has 0 aliphatic rings. The average molecular weight is 473 g/mol. The number of halogens is 3. The quantitative estimate of drug-likeness (QED) is 0.540. The summed E-state index contributed by atoms with van der Waals surface area (Å²) >= 11 is 12.9. The molecule has 0 saturated heterocycles. The van der Waals surface area contributed by atoms with Crippen molar-refractivity contribution in [1.82, 2.24) is 0 Å². The number of carbonyl (C=O) groups is 3. The van der Waals surface area contributed by atoms with Crippen LogP contribution in [0.1, 0.15) is 13.8 Å². The maximum absolute atomic E-state index is 12.9. The number of anilines is 2. The van der Waals surface area contributed by atoms with Crippen molar-refractivity contribution in [2.45, 2.75) is 25.2 Å². The minimum atomic E-state index is -1.07. The Bertz CT molecular complexity index is 928. The Morgan fingerprint density at radius 3 is 2.37 bits per heavy atom. The monoisotopic (exact) mass is 472 g/mol. The van der Waals surface area contributed by atoms with Crippen molar-refractivity contribution < 1.29 is 23.5 Å². The normalized spacial score (nSPS) is 12.6. The molecule has 0 saturated carbocycles. The average Bonchev–Trinajstić information content (AvgIpc) is 2.69. The lowest BCUT2D eigenvalue weighted by molar-refractivity contribution is -0.152. The van der Waals surface area contributed by atoms with Gasteiger partial charge in [0, 0.05) is 10.7 Å². The predicted octanol–water partition coefficient (Wildman–Crippen LogP) is 4.76. The zero-order chi connectivity index (χ0) is 22.3. The second-order valence-electron chi connectivity index (χ2n) is 6.20. The Labute approximate surface area is 187 Å². The highest BCUT2D eigenvalue weighted by Crippen LogP contribution is 2.25. The van der Waals surface area contributed by atoms with Gasteiger partial charge in [0.15, 0.2) is 6.10 Å². The number of benzene rings is 2. The number of hydrogen-bond acceptors (Lipinski definition) is 5. The SMILES string of the molecule is C[C@H](OC(=O)[C@@H](C)SCC(=O)Nc1ccc(F)cc1)C(=O)Nc1ccc(Cl)cc1Cl. The van der Waals surface area contributed by atoms with E-state index in [4.69, 9.17) is 27.9 Å². The molecule has 2 aromatic rings. The minimum absolute atomic E-state index is 0.0192. The van der Waals surface area contributed by atoms with Gasteiger partial charge in [-0.05, 0) is 56.3 Å². The van der Waals surface area contributed by atoms with Crippen LogP contribution >= 0.6 is 35.0 Å². The van der Waals surface area contributed by atoms with Crippen LogP contribution in [0.2, 0.25) is 10.0 Å². The molecule has 0 fully saturated rings. The number of nitrogens with one attached hydrogen (secondary N) is 2. The first-order valence-corrected chi connectivity index (χ1v) is 10.6. The smallest absolute Gasteiger partial charge is 0.319 e. The van der Waals surface area contributed by atoms with Crippen molar-refractivity contribution >= 4 is 64.1 Å². The number of ether oxygens (including phenoxy) is 1. The highest BCUT2D eigenvalue weighted by atomic mass is 35.5. The van der Waals surface area contributed by atoms with Gasteiger partial charge in [0.1, 0.15) is 11.1 Å². The van der Waals surface area contributed by atoms with Gasteiger partial charge in [-0.2, -0.15) is 0 Å². The van der Waals surface area contributed by atoms with Crippen molar-refractivity contribution in [1.29, 1.82) is 0 Å². The van der Waals surface area contributed by atoms with Gasteiger partial charge in [0.2, 0.25) is 5.91 Å². The summed E-state index contributed by atoms with van der Waals surface area (Å²) in [6, 6.07) is 9.90. The highest BCUT2D eigenvalue weighted by molar-refractivity contribution is 8.01. The second kappa shape index (κ2) is 11.2. The van der Waals surface area contributed by atoms with Crippen LogP contribution in [-0.2, 0) is 19.1 Å². The molecule has 2 atom stereocenters. The third-order valence-electron chi connectivity index (χ3n) is 3.78. The standard InChI is InChI=1S/C20H19Cl2FN2O4S/c1-11(19(27)25-17-8-3-13(21)9-16(17)22)29-20(28)12(2)30-10-18(26)24-15-6-4-14(23)5-7-15/h3-9,11-12H,10H2,1-2H3,(H,24,26)(H,25,27)/t11-,12+/m0/s1. The van der Waals surface area contributed by atoms with Crippen LogP contribution in [0.15, 0.2) is 42.5 Å². The second-order valence-corrected chi connectivity index (χ2v) is 8.37. The molecular formula is C20H19Cl2FN2O4S. The van der Waals surface area contributed by atoms with E-state index in [1.807, 2.05) is 0 Å². The van der Waals surface area contributed by atoms with Gasteiger partial charge in [-0.1, -0.05) is 23.2 Å². The van der Waals surface area contributed by atoms with E-state index in [2.05, 4.69) is 10.6 Å². The highest BCUT2D eigenvalue weighted by Gasteiger charge is 2.23. The first-order valence-electron chi connectivity index (χ1n) is 8.79. The van der Waals surface area contributed by atoms with E-state index >= 15 is 0 Å². The molecule has 160 valence electrons. The van der Waals surface area contributed by atoms with E-state index in [-0.39, 0.29) is 16.7 Å². The maximum Gasteiger partial charge on any atom is 0.319 e. The van der Waals surface area contributed by atoms with Gasteiger partial charge in [-0.3, -0.25) is 14.4 Å². The summed E-state index contributed by atoms with van der Waals surface area (Å²) in [6.07, 6.45) is -1.07. The fraction of sp³-hybridized carbons (Fsp3) is 0.250. The molecule has 10 heteroatoms. The van der Waals surface area contributed by atoms with Crippen molar-refractivity contribution in [3.63, 3.8) is 0 Å². The van der Waals surface area contributed by atoms with Gasteiger partial charge < -0.3 is 15.4 Å². The Hall–Kier alpha value is -2.29. The molecule has 0 aromatic heterocycles. The summed E-state index contributed by atoms with van der Waals surface area (Å²) in [6.45, 7) is 2.99. The molecule has 0 radical (unpaired) electrons. The van der Waals surface area contributed by atoms with E-state index in [9.17, 15) is 18.8 Å². The van der Waals surface area contributed by atoms with Crippen LogP contribution < -0.4 is 10.6 Å². The van der Waals surface area contributed by atoms with Crippen molar-refractivity contribution in [2.75, 3.05) is 16.4 Å². The topological polar surface area (TPSA) is 84.5 Å². The number of thioether (sulfide) groups is 1. The molecule has 0 bridgehead atoms. The Kier molecular flexibility index (Phi) is 8.95. The lowest BCUT2D eigenvalue weighted by Crippen LogP contribution is -2.33. The third-order valence-corrected chi connectivity index (χ3v) is 5.44. The van der Waals surface area contributed by atoms with E-state index in [1.165, 1.54) is 43.3 Å². The molecule has 0 unspecified atom stereocenters. The fourth-order valence-corrected chi connectivity index (χ4v) is 3.27. The minimum Gasteiger partial charge on any atom is -0.452 e. The number of rotatable bonds is 8. The van der Waals surface area contributed by atoms with Crippen LogP contribution in [0.5, 0.6) is 0 Å². The third kappa shape index (κ3) is 7.51. The van der Waals surface area contributed by atoms with Crippen LogP contribution in [-0.4, -0.2) is 34.9 Å². The van der Waals surface area contributed by atoms with Gasteiger partial charge in [-0.15, -0.1) is 11.8 Å². The summed E-state index contributed by atoms with van der Waals surface area (Å²) in [7, 11) is 0. The zero-order valence-electron chi connectivity index (χ0n) is 16.1. The molecule has 0 aliphatic heterocycles. The first-order chi connectivity index (χ1) is 14.2. The summed E-state index contributed by atoms with van der Waals surface area (Å²) < 4.78 is 18.0. The van der Waals surface area contributed by atoms with E-state index < -0.39 is 29.0 Å². The molecule has 0 aliphatic carbocycles. The van der Waals surface area contributed by atoms with Crippen LogP contribution in [0.4, 0.5) is 15.8 Å². The summed E-state index contributed by atoms with van der Waals surface area (Å²) in [5, 5.41) is 5.15. The molecule has 0 heterocycles. The lowest BCUT2D eigenvalue weighted by atomic mass is 10.3. The zero-order valence-corrected chi connectivity index (χ0v) is 18.4. The Morgan fingerprint density at radius 2 is 1.73 bits per heavy atom. The number of amides is 2. The molecule has 30 heavy (non-hydrogen) atoms. The Morgan fingerprint density at radius 1 is 1.07 bits per heavy atom. The molecule has 2 rings (SSSR count). The van der Waals surface area contributed by atoms with Crippen molar-refractivity contribution in [3.8, 4) is 0 Å².